The van der Waals surface area contributed by atoms with Gasteiger partial charge in [-0.1, -0.05) is 0 Å². The molecule has 6 nitrogen and oxygen atoms in total. The van der Waals surface area contributed by atoms with Crippen molar-refractivity contribution in [3.05, 3.63) is 0 Å². The first-order chi connectivity index (χ1) is 9.60. The highest BCUT2D eigenvalue weighted by Gasteiger charge is 2.56. The number of rotatable bonds is 5. The van der Waals surface area contributed by atoms with E-state index in [0.29, 0.717) is 0 Å². The molecule has 2 amide bonds. The van der Waals surface area contributed by atoms with Gasteiger partial charge in [-0.3, -0.25) is 9.59 Å². The molecule has 0 spiro atoms. The fourth-order valence-electron chi connectivity index (χ4n) is 2.84. The first-order valence-electron chi connectivity index (χ1n) is 7.44. The number of hydrogen-bond donors (Lipinski definition) is 1. The standard InChI is InChI=1S/C14H24N2O4S/c1-9(2)21(19,20)8-7-16-12(17)10(3)15-13(18)14(16,4)11-5-6-11/h9-11H,5-8H2,1-4H3,(H,15,18). The molecule has 1 saturated heterocycles. The lowest BCUT2D eigenvalue weighted by Crippen LogP contribution is -2.70. The smallest absolute Gasteiger partial charge is 0.246 e. The third-order valence-corrected chi connectivity index (χ3v) is 6.88. The van der Waals surface area contributed by atoms with Crippen molar-refractivity contribution in [1.82, 2.24) is 10.2 Å². The van der Waals surface area contributed by atoms with E-state index in [-0.39, 0.29) is 30.0 Å². The lowest BCUT2D eigenvalue weighted by atomic mass is 9.88. The van der Waals surface area contributed by atoms with Crippen LogP contribution in [0.5, 0.6) is 0 Å². The molecule has 1 heterocycles. The summed E-state index contributed by atoms with van der Waals surface area (Å²) >= 11 is 0. The molecule has 2 atom stereocenters. The van der Waals surface area contributed by atoms with Gasteiger partial charge in [0.1, 0.15) is 11.6 Å². The summed E-state index contributed by atoms with van der Waals surface area (Å²) in [6.07, 6.45) is 1.80. The van der Waals surface area contributed by atoms with Gasteiger partial charge >= 0.3 is 0 Å². The Kier molecular flexibility index (Phi) is 4.08. The van der Waals surface area contributed by atoms with E-state index in [0.717, 1.165) is 12.8 Å². The number of carbonyl (C=O) groups excluding carboxylic acids is 2. The minimum atomic E-state index is -3.24. The summed E-state index contributed by atoms with van der Waals surface area (Å²) in [5.41, 5.74) is -0.907. The van der Waals surface area contributed by atoms with Gasteiger partial charge in [0.05, 0.1) is 11.0 Å². The summed E-state index contributed by atoms with van der Waals surface area (Å²) in [4.78, 5) is 26.3. The molecular weight excluding hydrogens is 292 g/mol. The zero-order valence-corrected chi connectivity index (χ0v) is 13.9. The summed E-state index contributed by atoms with van der Waals surface area (Å²) in [6, 6.07) is -0.592. The third kappa shape index (κ3) is 2.80. The van der Waals surface area contributed by atoms with E-state index >= 15 is 0 Å². The van der Waals surface area contributed by atoms with Crippen molar-refractivity contribution in [1.29, 1.82) is 0 Å². The van der Waals surface area contributed by atoms with Gasteiger partial charge in [0, 0.05) is 6.54 Å². The molecule has 0 aromatic heterocycles. The summed E-state index contributed by atoms with van der Waals surface area (Å²) in [5.74, 6) is -0.323. The molecule has 1 aliphatic heterocycles. The molecule has 2 rings (SSSR count). The van der Waals surface area contributed by atoms with Crippen LogP contribution in [0, 0.1) is 5.92 Å². The molecule has 0 aromatic rings. The Labute approximate surface area is 126 Å². The van der Waals surface area contributed by atoms with Crippen molar-refractivity contribution < 1.29 is 18.0 Å². The first kappa shape index (κ1) is 16.3. The van der Waals surface area contributed by atoms with Gasteiger partial charge in [-0.2, -0.15) is 0 Å². The van der Waals surface area contributed by atoms with Crippen LogP contribution in [0.3, 0.4) is 0 Å². The van der Waals surface area contributed by atoms with E-state index in [9.17, 15) is 18.0 Å². The van der Waals surface area contributed by atoms with Crippen LogP contribution in [0.25, 0.3) is 0 Å². The number of amides is 2. The van der Waals surface area contributed by atoms with Crippen LogP contribution in [0.4, 0.5) is 0 Å². The van der Waals surface area contributed by atoms with Gasteiger partial charge in [0.2, 0.25) is 11.8 Å². The van der Waals surface area contributed by atoms with Crippen LogP contribution in [0.2, 0.25) is 0 Å². The van der Waals surface area contributed by atoms with Gasteiger partial charge in [0.15, 0.2) is 9.84 Å². The fourth-order valence-corrected chi connectivity index (χ4v) is 3.75. The van der Waals surface area contributed by atoms with Crippen molar-refractivity contribution in [3.63, 3.8) is 0 Å². The van der Waals surface area contributed by atoms with Gasteiger partial charge in [-0.15, -0.1) is 0 Å². The number of nitrogens with one attached hydrogen (secondary N) is 1. The van der Waals surface area contributed by atoms with Crippen molar-refractivity contribution in [2.24, 2.45) is 5.92 Å². The van der Waals surface area contributed by atoms with Gasteiger partial charge < -0.3 is 10.2 Å². The van der Waals surface area contributed by atoms with Crippen molar-refractivity contribution in [3.8, 4) is 0 Å². The highest BCUT2D eigenvalue weighted by Crippen LogP contribution is 2.44. The summed E-state index contributed by atoms with van der Waals surface area (Å²) in [6.45, 7) is 6.73. The molecule has 2 aliphatic rings. The van der Waals surface area contributed by atoms with E-state index < -0.39 is 26.7 Å². The molecule has 1 N–H and O–H groups in total. The largest absolute Gasteiger partial charge is 0.343 e. The molecule has 0 radical (unpaired) electrons. The molecule has 0 aromatic carbocycles. The van der Waals surface area contributed by atoms with E-state index in [4.69, 9.17) is 0 Å². The highest BCUT2D eigenvalue weighted by molar-refractivity contribution is 7.92. The van der Waals surface area contributed by atoms with Gasteiger partial charge in [-0.25, -0.2) is 8.42 Å². The van der Waals surface area contributed by atoms with Crippen molar-refractivity contribution >= 4 is 21.7 Å². The third-order valence-electron chi connectivity index (χ3n) is 4.69. The maximum Gasteiger partial charge on any atom is 0.246 e. The second-order valence-corrected chi connectivity index (χ2v) is 9.20. The number of piperazine rings is 1. The predicted octanol–water partition coefficient (Wildman–Crippen LogP) is 0.325. The summed E-state index contributed by atoms with van der Waals surface area (Å²) in [5, 5.41) is 2.24. The molecule has 2 fully saturated rings. The quantitative estimate of drug-likeness (QED) is 0.792. The van der Waals surface area contributed by atoms with Crippen LogP contribution < -0.4 is 5.32 Å². The fraction of sp³-hybridized carbons (Fsp3) is 0.857. The molecule has 2 unspecified atom stereocenters. The van der Waals surface area contributed by atoms with E-state index in [1.54, 1.807) is 27.7 Å². The van der Waals surface area contributed by atoms with Gasteiger partial charge in [0.25, 0.3) is 0 Å². The Morgan fingerprint density at radius 2 is 1.90 bits per heavy atom. The predicted molar refractivity (Wildman–Crippen MR) is 79.4 cm³/mol. The summed E-state index contributed by atoms with van der Waals surface area (Å²) < 4.78 is 24.0. The number of carbonyl (C=O) groups is 2. The zero-order chi connectivity index (χ0) is 16.0. The Morgan fingerprint density at radius 1 is 1.33 bits per heavy atom. The monoisotopic (exact) mass is 316 g/mol. The maximum absolute atomic E-state index is 12.4. The molecule has 1 saturated carbocycles. The van der Waals surface area contributed by atoms with Crippen molar-refractivity contribution in [2.75, 3.05) is 12.3 Å². The normalized spacial score (nSPS) is 30.7. The summed E-state index contributed by atoms with van der Waals surface area (Å²) in [7, 11) is -3.24. The second-order valence-electron chi connectivity index (χ2n) is 6.52. The molecular formula is C14H24N2O4S. The Morgan fingerprint density at radius 3 is 2.38 bits per heavy atom. The highest BCUT2D eigenvalue weighted by atomic mass is 32.2. The molecule has 1 aliphatic carbocycles. The zero-order valence-electron chi connectivity index (χ0n) is 13.0. The Balaban J connectivity index is 2.23. The van der Waals surface area contributed by atoms with E-state index in [2.05, 4.69) is 5.32 Å². The molecule has 7 heteroatoms. The van der Waals surface area contributed by atoms with Crippen LogP contribution in [0.15, 0.2) is 0 Å². The SMILES string of the molecule is CC1NC(=O)C(C)(C2CC2)N(CCS(=O)(=O)C(C)C)C1=O. The molecule has 21 heavy (non-hydrogen) atoms. The first-order valence-corrected chi connectivity index (χ1v) is 9.16. The second kappa shape index (κ2) is 5.26. The van der Waals surface area contributed by atoms with Crippen LogP contribution >= 0.6 is 0 Å². The number of sulfone groups is 1. The lowest BCUT2D eigenvalue weighted by Gasteiger charge is -2.46. The Hall–Kier alpha value is -1.11. The lowest BCUT2D eigenvalue weighted by molar-refractivity contribution is -0.157. The molecule has 120 valence electrons. The van der Waals surface area contributed by atoms with Crippen molar-refractivity contribution in [2.45, 2.75) is 57.4 Å². The molecule has 0 bridgehead atoms. The minimum absolute atomic E-state index is 0.0874. The Bertz CT molecular complexity index is 553. The average Bonchev–Trinajstić information content (AvgIpc) is 3.20. The minimum Gasteiger partial charge on any atom is -0.343 e. The van der Waals surface area contributed by atoms with Crippen LogP contribution in [-0.4, -0.2) is 54.3 Å². The average molecular weight is 316 g/mol. The van der Waals surface area contributed by atoms with Crippen LogP contribution in [-0.2, 0) is 19.4 Å². The number of nitrogens with zero attached hydrogens (tertiary/aromatic N) is 1. The maximum atomic E-state index is 12.4. The van der Waals surface area contributed by atoms with E-state index in [1.807, 2.05) is 0 Å². The van der Waals surface area contributed by atoms with Crippen LogP contribution in [0.1, 0.15) is 40.5 Å². The van der Waals surface area contributed by atoms with E-state index in [1.165, 1.54) is 4.90 Å². The van der Waals surface area contributed by atoms with Gasteiger partial charge in [-0.05, 0) is 46.5 Å². The number of hydrogen-bond acceptors (Lipinski definition) is 4. The topological polar surface area (TPSA) is 83.6 Å².